The summed E-state index contributed by atoms with van der Waals surface area (Å²) in [5, 5.41) is 13.2. The number of carbonyl (C=O) groups excluding carboxylic acids is 1. The second-order valence-corrected chi connectivity index (χ2v) is 14.1. The van der Waals surface area contributed by atoms with Crippen LogP contribution in [-0.4, -0.2) is 25.8 Å². The normalized spacial score (nSPS) is 12.0. The van der Waals surface area contributed by atoms with E-state index >= 15 is 0 Å². The van der Waals surface area contributed by atoms with Gasteiger partial charge in [0, 0.05) is 55.3 Å². The second kappa shape index (κ2) is 17.8. The van der Waals surface area contributed by atoms with Crippen LogP contribution in [0.1, 0.15) is 99.1 Å². The Labute approximate surface area is 306 Å². The molecule has 0 bridgehead atoms. The SMILES string of the molecule is CC(C)Cc1coc2c(-c3cc(-c4[c-]c5ccccc5c(C(C)(C)C)c4)ncn3)nccc12.CCC(CC)C(=O)/C=C(\O)C(CC)CC.[Ir]. The van der Waals surface area contributed by atoms with Gasteiger partial charge in [-0.25, -0.2) is 4.98 Å². The van der Waals surface area contributed by atoms with Crippen LogP contribution >= 0.6 is 0 Å². The van der Waals surface area contributed by atoms with E-state index in [1.807, 2.05) is 52.3 Å². The summed E-state index contributed by atoms with van der Waals surface area (Å²) < 4.78 is 5.97. The molecule has 263 valence electrons. The number of carbonyl (C=O) groups is 1. The van der Waals surface area contributed by atoms with E-state index in [-0.39, 0.29) is 48.9 Å². The van der Waals surface area contributed by atoms with Gasteiger partial charge in [0.1, 0.15) is 12.0 Å². The first-order valence-corrected chi connectivity index (χ1v) is 17.5. The number of hydrogen-bond donors (Lipinski definition) is 1. The molecular formula is C42H52IrN3O3-. The van der Waals surface area contributed by atoms with E-state index in [0.717, 1.165) is 71.1 Å². The molecule has 0 spiro atoms. The Morgan fingerprint density at radius 1 is 0.898 bits per heavy atom. The smallest absolute Gasteiger partial charge is 0.162 e. The minimum Gasteiger partial charge on any atom is -0.512 e. The number of furan rings is 1. The van der Waals surface area contributed by atoms with Crippen LogP contribution in [0.3, 0.4) is 0 Å². The monoisotopic (exact) mass is 839 g/mol. The first-order valence-electron chi connectivity index (χ1n) is 17.5. The topological polar surface area (TPSA) is 89.1 Å². The molecular weight excluding hydrogens is 787 g/mol. The number of aliphatic hydroxyl groups is 1. The Balaban J connectivity index is 0.000000347. The minimum absolute atomic E-state index is 0. The largest absolute Gasteiger partial charge is 0.512 e. The molecule has 3 aromatic heterocycles. The van der Waals surface area contributed by atoms with Gasteiger partial charge in [-0.2, -0.15) is 0 Å². The maximum Gasteiger partial charge on any atom is 0.162 e. The number of fused-ring (bicyclic) bond motifs is 2. The van der Waals surface area contributed by atoms with Crippen LogP contribution in [0, 0.1) is 23.8 Å². The number of rotatable bonds is 11. The van der Waals surface area contributed by atoms with Crippen molar-refractivity contribution in [2.75, 3.05) is 0 Å². The summed E-state index contributed by atoms with van der Waals surface area (Å²) in [5.74, 6) is 1.10. The van der Waals surface area contributed by atoms with Crippen LogP contribution < -0.4 is 0 Å². The van der Waals surface area contributed by atoms with E-state index in [2.05, 4.69) is 86.0 Å². The van der Waals surface area contributed by atoms with Gasteiger partial charge in [-0.05, 0) is 61.1 Å². The Hall–Kier alpha value is -3.67. The fraction of sp³-hybridized carbons (Fsp3) is 0.429. The van der Waals surface area contributed by atoms with Crippen LogP contribution in [0.25, 0.3) is 44.4 Å². The molecule has 6 nitrogen and oxygen atoms in total. The maximum atomic E-state index is 11.7. The van der Waals surface area contributed by atoms with Crippen molar-refractivity contribution < 1.29 is 34.4 Å². The average Bonchev–Trinajstić information content (AvgIpc) is 3.47. The van der Waals surface area contributed by atoms with Crippen molar-refractivity contribution in [2.24, 2.45) is 17.8 Å². The molecule has 0 aliphatic carbocycles. The van der Waals surface area contributed by atoms with Crippen molar-refractivity contribution >= 4 is 27.5 Å². The molecule has 5 aromatic rings. The van der Waals surface area contributed by atoms with Crippen molar-refractivity contribution in [3.05, 3.63) is 90.3 Å². The van der Waals surface area contributed by atoms with Crippen molar-refractivity contribution in [1.29, 1.82) is 0 Å². The number of hydrogen-bond acceptors (Lipinski definition) is 6. The molecule has 49 heavy (non-hydrogen) atoms. The quantitative estimate of drug-likeness (QED) is 0.0810. The van der Waals surface area contributed by atoms with E-state index in [1.54, 1.807) is 6.33 Å². The molecule has 2 aromatic carbocycles. The van der Waals surface area contributed by atoms with Gasteiger partial charge in [0.05, 0.1) is 17.7 Å². The zero-order valence-electron chi connectivity index (χ0n) is 30.6. The van der Waals surface area contributed by atoms with E-state index in [4.69, 9.17) is 4.42 Å². The van der Waals surface area contributed by atoms with Crippen LogP contribution in [0.5, 0.6) is 0 Å². The number of nitrogens with zero attached hydrogens (tertiary/aromatic N) is 3. The number of allylic oxidation sites excluding steroid dienone is 2. The number of aliphatic hydroxyl groups excluding tert-OH is 1. The Morgan fingerprint density at radius 3 is 2.18 bits per heavy atom. The molecule has 5 rings (SSSR count). The summed E-state index contributed by atoms with van der Waals surface area (Å²) >= 11 is 0. The van der Waals surface area contributed by atoms with Gasteiger partial charge in [0.2, 0.25) is 0 Å². The van der Waals surface area contributed by atoms with Crippen molar-refractivity contribution in [1.82, 2.24) is 15.0 Å². The van der Waals surface area contributed by atoms with E-state index in [0.29, 0.717) is 5.92 Å². The van der Waals surface area contributed by atoms with E-state index in [9.17, 15) is 9.90 Å². The molecule has 0 atom stereocenters. The third-order valence-corrected chi connectivity index (χ3v) is 9.05. The molecule has 0 amide bonds. The fourth-order valence-corrected chi connectivity index (χ4v) is 6.20. The van der Waals surface area contributed by atoms with Gasteiger partial charge in [-0.3, -0.25) is 14.8 Å². The molecule has 1 N–H and O–H groups in total. The standard InChI is InChI=1S/C29H28N3O.C13H24O2.Ir/c1-18(2)12-21-16-33-28-23(21)10-11-30-27(28)26-15-25(31-17-32-26)20-13-19-8-6-7-9-22(19)24(14-20)29(3,4)5;1-5-10(6-2)12(14)9-13(15)11(7-3)8-4;/h6-11,14-18H,12H2,1-5H3;9-11,14H,5-8H2,1-4H3;/q-1;;/b;12-9-;. The molecule has 7 heteroatoms. The van der Waals surface area contributed by atoms with Crippen molar-refractivity contribution in [3.8, 4) is 22.6 Å². The molecule has 0 saturated heterocycles. The number of pyridine rings is 1. The maximum absolute atomic E-state index is 11.7. The summed E-state index contributed by atoms with van der Waals surface area (Å²) in [5.41, 5.74) is 6.51. The van der Waals surface area contributed by atoms with Gasteiger partial charge >= 0.3 is 0 Å². The van der Waals surface area contributed by atoms with E-state index < -0.39 is 0 Å². The van der Waals surface area contributed by atoms with E-state index in [1.165, 1.54) is 22.6 Å². The minimum atomic E-state index is -0.00650. The molecule has 0 fully saturated rings. The molecule has 0 aliphatic heterocycles. The number of benzene rings is 2. The third-order valence-electron chi connectivity index (χ3n) is 9.05. The molecule has 3 heterocycles. The molecule has 1 radical (unpaired) electrons. The summed E-state index contributed by atoms with van der Waals surface area (Å²) in [7, 11) is 0. The summed E-state index contributed by atoms with van der Waals surface area (Å²) in [6.07, 6.45) is 11.2. The summed E-state index contributed by atoms with van der Waals surface area (Å²) in [6, 6.07) is 18.2. The third kappa shape index (κ3) is 9.73. The van der Waals surface area contributed by atoms with Crippen LogP contribution in [0.2, 0.25) is 0 Å². The summed E-state index contributed by atoms with van der Waals surface area (Å²) in [4.78, 5) is 25.5. The van der Waals surface area contributed by atoms with Gasteiger partial charge in [-0.1, -0.05) is 91.5 Å². The van der Waals surface area contributed by atoms with Crippen molar-refractivity contribution in [2.45, 2.75) is 99.8 Å². The average molecular weight is 839 g/mol. The number of aromatic nitrogens is 3. The van der Waals surface area contributed by atoms with Gasteiger partial charge in [0.15, 0.2) is 11.4 Å². The predicted molar refractivity (Wildman–Crippen MR) is 198 cm³/mol. The second-order valence-electron chi connectivity index (χ2n) is 14.1. The zero-order chi connectivity index (χ0) is 35.0. The fourth-order valence-electron chi connectivity index (χ4n) is 6.20. The molecule has 0 saturated carbocycles. The van der Waals surface area contributed by atoms with Crippen molar-refractivity contribution in [3.63, 3.8) is 0 Å². The summed E-state index contributed by atoms with van der Waals surface area (Å²) in [6.45, 7) is 19.2. The van der Waals surface area contributed by atoms with Crippen LogP contribution in [-0.2, 0) is 36.7 Å². The Bertz CT molecular complexity index is 1860. The number of ketones is 1. The van der Waals surface area contributed by atoms with Crippen LogP contribution in [0.15, 0.2) is 77.5 Å². The molecule has 0 aliphatic rings. The first-order chi connectivity index (χ1) is 22.9. The van der Waals surface area contributed by atoms with Gasteiger partial charge in [-0.15, -0.1) is 29.1 Å². The van der Waals surface area contributed by atoms with Crippen LogP contribution in [0.4, 0.5) is 0 Å². The molecule has 0 unspecified atom stereocenters. The predicted octanol–water partition coefficient (Wildman–Crippen LogP) is 11.3. The van der Waals surface area contributed by atoms with Gasteiger partial charge < -0.3 is 9.52 Å². The Morgan fingerprint density at radius 2 is 1.55 bits per heavy atom. The first kappa shape index (κ1) is 39.8. The Kier molecular flexibility index (Phi) is 14.5. The zero-order valence-corrected chi connectivity index (χ0v) is 33.0. The van der Waals surface area contributed by atoms with Gasteiger partial charge in [0.25, 0.3) is 0 Å².